The topological polar surface area (TPSA) is 35.5 Å². The summed E-state index contributed by atoms with van der Waals surface area (Å²) in [5, 5.41) is 13.6. The number of piperazine rings is 1. The number of hydrogen-bond acceptors (Lipinski definition) is 3. The van der Waals surface area contributed by atoms with Crippen molar-refractivity contribution in [3.63, 3.8) is 0 Å². The molecule has 0 aromatic heterocycles. The lowest BCUT2D eigenvalue weighted by molar-refractivity contribution is 0.161. The van der Waals surface area contributed by atoms with Crippen molar-refractivity contribution in [1.82, 2.24) is 10.2 Å². The molecule has 0 saturated carbocycles. The molecule has 0 aliphatic carbocycles. The highest BCUT2D eigenvalue weighted by atomic mass is 19.1. The van der Waals surface area contributed by atoms with Crippen molar-refractivity contribution in [3.05, 3.63) is 29.1 Å². The molecule has 0 amide bonds. The van der Waals surface area contributed by atoms with Crippen molar-refractivity contribution in [1.29, 1.82) is 0 Å². The third-order valence-corrected chi connectivity index (χ3v) is 3.81. The molecule has 1 aliphatic rings. The molecule has 1 fully saturated rings. The van der Waals surface area contributed by atoms with Crippen LogP contribution in [-0.2, 0) is 0 Å². The fourth-order valence-electron chi connectivity index (χ4n) is 2.82. The highest BCUT2D eigenvalue weighted by molar-refractivity contribution is 5.42. The van der Waals surface area contributed by atoms with E-state index >= 15 is 0 Å². The maximum absolute atomic E-state index is 13.6. The van der Waals surface area contributed by atoms with Gasteiger partial charge in [-0.2, -0.15) is 0 Å². The summed E-state index contributed by atoms with van der Waals surface area (Å²) < 4.78 is 13.6. The number of nitrogens with zero attached hydrogens (tertiary/aromatic N) is 1. The van der Waals surface area contributed by atoms with Crippen LogP contribution in [-0.4, -0.2) is 36.2 Å². The Morgan fingerprint density at radius 1 is 1.37 bits per heavy atom. The lowest BCUT2D eigenvalue weighted by atomic mass is 9.96. The van der Waals surface area contributed by atoms with Crippen molar-refractivity contribution in [3.8, 4) is 5.75 Å². The van der Waals surface area contributed by atoms with Gasteiger partial charge in [0.05, 0.1) is 0 Å². The van der Waals surface area contributed by atoms with Gasteiger partial charge in [0.25, 0.3) is 0 Å². The number of rotatable bonds is 4. The van der Waals surface area contributed by atoms with Gasteiger partial charge in [-0.3, -0.25) is 4.90 Å². The number of hydrogen-bond donors (Lipinski definition) is 2. The number of nitrogens with one attached hydrogen (secondary N) is 1. The van der Waals surface area contributed by atoms with Crippen LogP contribution in [0.3, 0.4) is 0 Å². The van der Waals surface area contributed by atoms with E-state index in [0.717, 1.165) is 44.6 Å². The van der Waals surface area contributed by atoms with Crippen molar-refractivity contribution < 1.29 is 9.50 Å². The van der Waals surface area contributed by atoms with Gasteiger partial charge in [0.15, 0.2) is 0 Å². The molecule has 19 heavy (non-hydrogen) atoms. The molecule has 1 aromatic carbocycles. The van der Waals surface area contributed by atoms with Crippen LogP contribution in [0.2, 0.25) is 0 Å². The molecule has 4 heteroatoms. The quantitative estimate of drug-likeness (QED) is 0.879. The first-order valence-electron chi connectivity index (χ1n) is 7.07. The smallest absolute Gasteiger partial charge is 0.124 e. The monoisotopic (exact) mass is 266 g/mol. The van der Waals surface area contributed by atoms with Gasteiger partial charge < -0.3 is 10.4 Å². The van der Waals surface area contributed by atoms with Crippen LogP contribution < -0.4 is 5.32 Å². The average Bonchev–Trinajstić information content (AvgIpc) is 2.41. The van der Waals surface area contributed by atoms with Gasteiger partial charge in [0, 0.05) is 37.8 Å². The van der Waals surface area contributed by atoms with E-state index in [4.69, 9.17) is 0 Å². The molecule has 2 N–H and O–H groups in total. The number of benzene rings is 1. The molecule has 1 heterocycles. The minimum atomic E-state index is -0.262. The Balaban J connectivity index is 2.32. The Hall–Kier alpha value is -1.13. The first-order valence-corrected chi connectivity index (χ1v) is 7.07. The van der Waals surface area contributed by atoms with E-state index in [1.807, 2.05) is 0 Å². The molecule has 106 valence electrons. The van der Waals surface area contributed by atoms with Gasteiger partial charge >= 0.3 is 0 Å². The lowest BCUT2D eigenvalue weighted by Crippen LogP contribution is -2.45. The minimum absolute atomic E-state index is 0.112. The van der Waals surface area contributed by atoms with E-state index < -0.39 is 0 Å². The van der Waals surface area contributed by atoms with Gasteiger partial charge in [-0.05, 0) is 31.0 Å². The summed E-state index contributed by atoms with van der Waals surface area (Å²) in [4.78, 5) is 2.34. The summed E-state index contributed by atoms with van der Waals surface area (Å²) in [5.41, 5.74) is 1.35. The Bertz CT molecular complexity index is 430. The Morgan fingerprint density at radius 3 is 2.68 bits per heavy atom. The summed E-state index contributed by atoms with van der Waals surface area (Å²) in [5.74, 6) is -0.0140. The second kappa shape index (κ2) is 6.35. The minimum Gasteiger partial charge on any atom is -0.507 e. The van der Waals surface area contributed by atoms with Crippen LogP contribution in [0, 0.1) is 12.7 Å². The number of aryl methyl sites for hydroxylation is 1. The standard InChI is InChI=1S/C15H23FN2O/c1-3-4-14(18-7-5-17-6-8-18)13-10-12(16)9-11(2)15(13)19/h9-10,14,17,19H,3-8H2,1-2H3/t14-/m1/s1. The van der Waals surface area contributed by atoms with Crippen LogP contribution >= 0.6 is 0 Å². The average molecular weight is 266 g/mol. The predicted molar refractivity (Wildman–Crippen MR) is 74.9 cm³/mol. The lowest BCUT2D eigenvalue weighted by Gasteiger charge is -2.35. The van der Waals surface area contributed by atoms with E-state index in [2.05, 4.69) is 17.1 Å². The molecule has 3 nitrogen and oxygen atoms in total. The summed E-state index contributed by atoms with van der Waals surface area (Å²) in [6.45, 7) is 7.67. The Morgan fingerprint density at radius 2 is 2.05 bits per heavy atom. The molecule has 1 saturated heterocycles. The number of phenols is 1. The maximum atomic E-state index is 13.6. The van der Waals surface area contributed by atoms with Crippen molar-refractivity contribution in [2.45, 2.75) is 32.7 Å². The van der Waals surface area contributed by atoms with Crippen LogP contribution in [0.4, 0.5) is 4.39 Å². The van der Waals surface area contributed by atoms with E-state index in [9.17, 15) is 9.50 Å². The molecular weight excluding hydrogens is 243 g/mol. The zero-order valence-corrected chi connectivity index (χ0v) is 11.7. The van der Waals surface area contributed by atoms with Gasteiger partial charge in [-0.25, -0.2) is 4.39 Å². The van der Waals surface area contributed by atoms with Crippen LogP contribution in [0.15, 0.2) is 12.1 Å². The molecule has 0 bridgehead atoms. The largest absolute Gasteiger partial charge is 0.507 e. The SMILES string of the molecule is CCC[C@H](c1cc(F)cc(C)c1O)N1CCNCC1. The van der Waals surface area contributed by atoms with Gasteiger partial charge in [-0.15, -0.1) is 0 Å². The zero-order valence-electron chi connectivity index (χ0n) is 11.7. The fraction of sp³-hybridized carbons (Fsp3) is 0.600. The molecule has 0 spiro atoms. The summed E-state index contributed by atoms with van der Waals surface area (Å²) in [6, 6.07) is 2.99. The third-order valence-electron chi connectivity index (χ3n) is 3.81. The first kappa shape index (κ1) is 14.3. The van der Waals surface area contributed by atoms with Crippen LogP contribution in [0.25, 0.3) is 0 Å². The highest BCUT2D eigenvalue weighted by Gasteiger charge is 2.24. The van der Waals surface area contributed by atoms with Gasteiger partial charge in [0.1, 0.15) is 11.6 Å². The molecule has 0 unspecified atom stereocenters. The van der Waals surface area contributed by atoms with Crippen molar-refractivity contribution in [2.24, 2.45) is 0 Å². The summed E-state index contributed by atoms with van der Waals surface area (Å²) in [6.07, 6.45) is 1.96. The molecule has 1 aromatic rings. The number of halogens is 1. The first-order chi connectivity index (χ1) is 9.13. The molecular formula is C15H23FN2O. The van der Waals surface area contributed by atoms with E-state index in [1.54, 1.807) is 6.92 Å². The molecule has 2 rings (SSSR count). The van der Waals surface area contributed by atoms with Crippen molar-refractivity contribution in [2.75, 3.05) is 26.2 Å². The predicted octanol–water partition coefficient (Wildman–Crippen LogP) is 2.59. The highest BCUT2D eigenvalue weighted by Crippen LogP contribution is 2.35. The van der Waals surface area contributed by atoms with Gasteiger partial charge in [-0.1, -0.05) is 13.3 Å². The van der Waals surface area contributed by atoms with E-state index in [0.29, 0.717) is 5.56 Å². The summed E-state index contributed by atoms with van der Waals surface area (Å²) >= 11 is 0. The van der Waals surface area contributed by atoms with Crippen LogP contribution in [0.1, 0.15) is 36.9 Å². The molecule has 1 atom stereocenters. The molecule has 1 aliphatic heterocycles. The van der Waals surface area contributed by atoms with E-state index in [1.165, 1.54) is 12.1 Å². The number of aromatic hydroxyl groups is 1. The third kappa shape index (κ3) is 3.25. The fourth-order valence-corrected chi connectivity index (χ4v) is 2.82. The second-order valence-electron chi connectivity index (χ2n) is 5.25. The second-order valence-corrected chi connectivity index (χ2v) is 5.25. The zero-order chi connectivity index (χ0) is 13.8. The Labute approximate surface area is 114 Å². The maximum Gasteiger partial charge on any atom is 0.124 e. The summed E-state index contributed by atoms with van der Waals surface area (Å²) in [7, 11) is 0. The van der Waals surface area contributed by atoms with Crippen molar-refractivity contribution >= 4 is 0 Å². The molecule has 0 radical (unpaired) electrons. The number of phenolic OH excluding ortho intramolecular Hbond substituents is 1. The van der Waals surface area contributed by atoms with E-state index in [-0.39, 0.29) is 17.6 Å². The van der Waals surface area contributed by atoms with Gasteiger partial charge in [0.2, 0.25) is 0 Å². The normalized spacial score (nSPS) is 18.5. The van der Waals surface area contributed by atoms with Crippen LogP contribution in [0.5, 0.6) is 5.75 Å². The Kier molecular flexibility index (Phi) is 4.77.